The molecule has 0 unspecified atom stereocenters. The summed E-state index contributed by atoms with van der Waals surface area (Å²) in [6.07, 6.45) is 2.64. The van der Waals surface area contributed by atoms with Crippen molar-refractivity contribution < 1.29 is 8.78 Å². The molecular weight excluding hydrogens is 234 g/mol. The molecule has 2 nitrogen and oxygen atoms in total. The van der Waals surface area contributed by atoms with Crippen molar-refractivity contribution in [2.75, 3.05) is 32.7 Å². The lowest BCUT2D eigenvalue weighted by atomic mass is 10.1. The first-order chi connectivity index (χ1) is 8.77. The first-order valence-electron chi connectivity index (χ1n) is 6.63. The molecule has 1 saturated heterocycles. The molecule has 0 aromatic heterocycles. The van der Waals surface area contributed by atoms with Gasteiger partial charge in [0.05, 0.1) is 0 Å². The SMILES string of the molecule is Fc1cccc(CCCN2CCCNCC2)c1F. The van der Waals surface area contributed by atoms with E-state index in [2.05, 4.69) is 10.2 Å². The minimum absolute atomic E-state index is 0.489. The van der Waals surface area contributed by atoms with Gasteiger partial charge in [-0.3, -0.25) is 0 Å². The number of nitrogens with zero attached hydrogens (tertiary/aromatic N) is 1. The number of halogens is 2. The van der Waals surface area contributed by atoms with Crippen molar-refractivity contribution in [3.05, 3.63) is 35.4 Å². The third-order valence-corrected chi connectivity index (χ3v) is 3.38. The standard InChI is InChI=1S/C14H20F2N2/c15-13-6-1-4-12(14(13)16)5-2-9-18-10-3-7-17-8-11-18/h1,4,6,17H,2-3,5,7-11H2. The molecule has 1 aromatic rings. The summed E-state index contributed by atoms with van der Waals surface area (Å²) in [5.74, 6) is -1.43. The first kappa shape index (κ1) is 13.4. The largest absolute Gasteiger partial charge is 0.315 e. The van der Waals surface area contributed by atoms with Gasteiger partial charge in [0.15, 0.2) is 11.6 Å². The van der Waals surface area contributed by atoms with E-state index in [9.17, 15) is 8.78 Å². The van der Waals surface area contributed by atoms with Crippen LogP contribution in [0.15, 0.2) is 18.2 Å². The first-order valence-corrected chi connectivity index (χ1v) is 6.63. The van der Waals surface area contributed by atoms with Crippen LogP contribution >= 0.6 is 0 Å². The number of nitrogens with one attached hydrogen (secondary N) is 1. The predicted molar refractivity (Wildman–Crippen MR) is 68.6 cm³/mol. The third kappa shape index (κ3) is 3.75. The Bertz CT molecular complexity index is 374. The number of hydrogen-bond donors (Lipinski definition) is 1. The Hall–Kier alpha value is -1.00. The molecule has 0 spiro atoms. The van der Waals surface area contributed by atoms with E-state index in [1.165, 1.54) is 6.07 Å². The van der Waals surface area contributed by atoms with Crippen LogP contribution in [0.25, 0.3) is 0 Å². The van der Waals surface area contributed by atoms with Crippen molar-refractivity contribution in [2.24, 2.45) is 0 Å². The third-order valence-electron chi connectivity index (χ3n) is 3.38. The molecule has 1 heterocycles. The molecule has 0 radical (unpaired) electrons. The van der Waals surface area contributed by atoms with Gasteiger partial charge in [0.1, 0.15) is 0 Å². The van der Waals surface area contributed by atoms with Gasteiger partial charge in [-0.15, -0.1) is 0 Å². The molecule has 0 amide bonds. The van der Waals surface area contributed by atoms with Gasteiger partial charge in [0, 0.05) is 13.1 Å². The molecule has 0 atom stereocenters. The lowest BCUT2D eigenvalue weighted by Crippen LogP contribution is -2.29. The molecule has 18 heavy (non-hydrogen) atoms. The molecule has 2 rings (SSSR count). The molecule has 100 valence electrons. The lowest BCUT2D eigenvalue weighted by Gasteiger charge is -2.19. The van der Waals surface area contributed by atoms with E-state index in [1.807, 2.05) is 0 Å². The number of rotatable bonds is 4. The summed E-state index contributed by atoms with van der Waals surface area (Å²) in [7, 11) is 0. The van der Waals surface area contributed by atoms with Crippen LogP contribution in [0.4, 0.5) is 8.78 Å². The minimum atomic E-state index is -0.744. The van der Waals surface area contributed by atoms with Gasteiger partial charge in [-0.1, -0.05) is 12.1 Å². The maximum absolute atomic E-state index is 13.4. The summed E-state index contributed by atoms with van der Waals surface area (Å²) in [5, 5.41) is 3.35. The van der Waals surface area contributed by atoms with Crippen molar-refractivity contribution in [3.8, 4) is 0 Å². The van der Waals surface area contributed by atoms with E-state index in [-0.39, 0.29) is 0 Å². The monoisotopic (exact) mass is 254 g/mol. The Morgan fingerprint density at radius 3 is 2.94 bits per heavy atom. The highest BCUT2D eigenvalue weighted by molar-refractivity contribution is 5.18. The fraction of sp³-hybridized carbons (Fsp3) is 0.571. The van der Waals surface area contributed by atoms with Crippen molar-refractivity contribution in [2.45, 2.75) is 19.3 Å². The number of hydrogen-bond acceptors (Lipinski definition) is 2. The molecule has 1 aliphatic rings. The number of benzene rings is 1. The molecule has 1 N–H and O–H groups in total. The Kier molecular flexibility index (Phi) is 5.08. The molecule has 1 fully saturated rings. The van der Waals surface area contributed by atoms with Gasteiger partial charge in [-0.2, -0.15) is 0 Å². The summed E-state index contributed by atoms with van der Waals surface area (Å²) in [4.78, 5) is 2.39. The summed E-state index contributed by atoms with van der Waals surface area (Å²) >= 11 is 0. The van der Waals surface area contributed by atoms with E-state index in [0.29, 0.717) is 12.0 Å². The maximum Gasteiger partial charge on any atom is 0.162 e. The zero-order valence-electron chi connectivity index (χ0n) is 10.6. The smallest absolute Gasteiger partial charge is 0.162 e. The van der Waals surface area contributed by atoms with E-state index in [0.717, 1.165) is 45.6 Å². The highest BCUT2D eigenvalue weighted by Gasteiger charge is 2.10. The lowest BCUT2D eigenvalue weighted by molar-refractivity contribution is 0.288. The minimum Gasteiger partial charge on any atom is -0.315 e. The Labute approximate surface area is 107 Å². The molecular formula is C14H20F2N2. The number of aryl methyl sites for hydroxylation is 1. The van der Waals surface area contributed by atoms with Crippen molar-refractivity contribution >= 4 is 0 Å². The molecule has 0 saturated carbocycles. The van der Waals surface area contributed by atoms with Crippen molar-refractivity contribution in [1.29, 1.82) is 0 Å². The van der Waals surface area contributed by atoms with E-state index >= 15 is 0 Å². The molecule has 1 aromatic carbocycles. The van der Waals surface area contributed by atoms with Crippen LogP contribution in [0.2, 0.25) is 0 Å². The van der Waals surface area contributed by atoms with Gasteiger partial charge in [0.2, 0.25) is 0 Å². The van der Waals surface area contributed by atoms with Crippen LogP contribution in [0.1, 0.15) is 18.4 Å². The summed E-state index contributed by atoms with van der Waals surface area (Å²) in [5.41, 5.74) is 0.489. The van der Waals surface area contributed by atoms with Crippen LogP contribution in [0, 0.1) is 11.6 Å². The summed E-state index contributed by atoms with van der Waals surface area (Å²) in [6.45, 7) is 5.20. The fourth-order valence-electron chi connectivity index (χ4n) is 2.36. The maximum atomic E-state index is 13.4. The Balaban J connectivity index is 1.79. The van der Waals surface area contributed by atoms with Crippen LogP contribution < -0.4 is 5.32 Å². The normalized spacial score (nSPS) is 17.7. The average Bonchev–Trinajstić information content (AvgIpc) is 2.63. The Morgan fingerprint density at radius 2 is 2.06 bits per heavy atom. The topological polar surface area (TPSA) is 15.3 Å². The summed E-state index contributed by atoms with van der Waals surface area (Å²) in [6, 6.07) is 4.41. The molecule has 0 aliphatic carbocycles. The van der Waals surface area contributed by atoms with Gasteiger partial charge in [-0.25, -0.2) is 8.78 Å². The Morgan fingerprint density at radius 1 is 1.17 bits per heavy atom. The van der Waals surface area contributed by atoms with Gasteiger partial charge in [-0.05, 0) is 50.5 Å². The van der Waals surface area contributed by atoms with Gasteiger partial charge in [0.25, 0.3) is 0 Å². The highest BCUT2D eigenvalue weighted by atomic mass is 19.2. The molecule has 4 heteroatoms. The summed E-state index contributed by atoms with van der Waals surface area (Å²) < 4.78 is 26.5. The zero-order valence-corrected chi connectivity index (χ0v) is 10.6. The highest BCUT2D eigenvalue weighted by Crippen LogP contribution is 2.13. The molecule has 0 bridgehead atoms. The average molecular weight is 254 g/mol. The van der Waals surface area contributed by atoms with Crippen LogP contribution in [-0.4, -0.2) is 37.6 Å². The fourth-order valence-corrected chi connectivity index (χ4v) is 2.36. The van der Waals surface area contributed by atoms with E-state index in [4.69, 9.17) is 0 Å². The van der Waals surface area contributed by atoms with Gasteiger partial charge >= 0.3 is 0 Å². The van der Waals surface area contributed by atoms with Crippen molar-refractivity contribution in [3.63, 3.8) is 0 Å². The van der Waals surface area contributed by atoms with E-state index < -0.39 is 11.6 Å². The quantitative estimate of drug-likeness (QED) is 0.886. The van der Waals surface area contributed by atoms with Crippen LogP contribution in [-0.2, 0) is 6.42 Å². The molecule has 1 aliphatic heterocycles. The van der Waals surface area contributed by atoms with E-state index in [1.54, 1.807) is 12.1 Å². The second kappa shape index (κ2) is 6.81. The van der Waals surface area contributed by atoms with Gasteiger partial charge < -0.3 is 10.2 Å². The van der Waals surface area contributed by atoms with Crippen LogP contribution in [0.5, 0.6) is 0 Å². The second-order valence-electron chi connectivity index (χ2n) is 4.76. The van der Waals surface area contributed by atoms with Crippen LogP contribution in [0.3, 0.4) is 0 Å². The van der Waals surface area contributed by atoms with Crippen molar-refractivity contribution in [1.82, 2.24) is 10.2 Å². The second-order valence-corrected chi connectivity index (χ2v) is 4.76. The predicted octanol–water partition coefficient (Wildman–Crippen LogP) is 2.19. The zero-order chi connectivity index (χ0) is 12.8.